The number of methoxy groups -OCH3 is 1. The topological polar surface area (TPSA) is 213 Å². The van der Waals surface area contributed by atoms with Gasteiger partial charge in [-0.15, -0.1) is 0 Å². The van der Waals surface area contributed by atoms with Crippen LogP contribution in [0.1, 0.15) is 237 Å². The van der Waals surface area contributed by atoms with Gasteiger partial charge in [-0.1, -0.05) is 142 Å². The Morgan fingerprint density at radius 1 is 0.753 bits per heavy atom. The van der Waals surface area contributed by atoms with Gasteiger partial charge in [0.15, 0.2) is 0 Å². The van der Waals surface area contributed by atoms with Gasteiger partial charge in [-0.2, -0.15) is 0 Å². The number of hydrogen-bond acceptors (Lipinski definition) is 12. The summed E-state index contributed by atoms with van der Waals surface area (Å²) in [6.07, 6.45) is 25.9. The molecule has 1 aromatic rings. The molecule has 3 fully saturated rings. The van der Waals surface area contributed by atoms with Crippen molar-refractivity contribution in [2.45, 2.75) is 269 Å². The van der Waals surface area contributed by atoms with Crippen LogP contribution in [0, 0.1) is 23.2 Å². The fraction of sp³-hybridized carbons (Fsp3) is 0.845. The van der Waals surface area contributed by atoms with Gasteiger partial charge < -0.3 is 40.4 Å². The Labute approximate surface area is 439 Å². The van der Waals surface area contributed by atoms with Crippen molar-refractivity contribution in [2.75, 3.05) is 20.3 Å². The number of phosphoric ester groups is 1. The van der Waals surface area contributed by atoms with Crippen molar-refractivity contribution in [2.24, 2.45) is 28.9 Å². The number of primary amides is 1. The highest BCUT2D eigenvalue weighted by molar-refractivity contribution is 7.48. The van der Waals surface area contributed by atoms with Crippen molar-refractivity contribution in [3.05, 3.63) is 29.3 Å². The molecule has 6 N–H and O–H groups in total. The van der Waals surface area contributed by atoms with E-state index in [-0.39, 0.29) is 37.2 Å². The lowest BCUT2D eigenvalue weighted by molar-refractivity contribution is -0.158. The van der Waals surface area contributed by atoms with Gasteiger partial charge in [0.05, 0.1) is 49.6 Å². The second-order valence-corrected chi connectivity index (χ2v) is 24.2. The maximum Gasteiger partial charge on any atom is 0.530 e. The summed E-state index contributed by atoms with van der Waals surface area (Å²) in [5.41, 5.74) is 7.87. The van der Waals surface area contributed by atoms with E-state index in [1.807, 2.05) is 6.07 Å². The number of carbonyl (C=O) groups excluding carboxylic acids is 3. The lowest BCUT2D eigenvalue weighted by Crippen LogP contribution is -2.57. The minimum Gasteiger partial charge on any atom is -0.462 e. The molecular formula is C58H99N2O12P. The molecule has 0 radical (unpaired) electrons. The molecule has 15 heteroatoms. The number of carbonyl (C=O) groups is 3. The zero-order valence-corrected chi connectivity index (χ0v) is 46.5. The summed E-state index contributed by atoms with van der Waals surface area (Å²) in [6, 6.07) is 5.47. The number of benzene rings is 1. The van der Waals surface area contributed by atoms with E-state index in [9.17, 15) is 34.3 Å². The zero-order chi connectivity index (χ0) is 52.6. The summed E-state index contributed by atoms with van der Waals surface area (Å²) in [7, 11) is -2.40. The molecule has 5 rings (SSSR count). The minimum absolute atomic E-state index is 0.00583. The molecule has 4 aliphatic rings. The second kappa shape index (κ2) is 32.2. The fourth-order valence-electron chi connectivity index (χ4n) is 12.9. The van der Waals surface area contributed by atoms with Crippen LogP contribution in [0.2, 0.25) is 0 Å². The smallest absolute Gasteiger partial charge is 0.462 e. The summed E-state index contributed by atoms with van der Waals surface area (Å²) in [5.74, 6) is -0.746. The number of phosphoric acid groups is 1. The highest BCUT2D eigenvalue weighted by atomic mass is 31.2. The second-order valence-electron chi connectivity index (χ2n) is 22.6. The number of esters is 1. The van der Waals surface area contributed by atoms with Crippen molar-refractivity contribution in [3.63, 3.8) is 0 Å². The van der Waals surface area contributed by atoms with Gasteiger partial charge in [0.1, 0.15) is 11.9 Å². The molecular weight excluding hydrogens is 948 g/mol. The third kappa shape index (κ3) is 19.1. The quantitative estimate of drug-likeness (QED) is 0.0239. The van der Waals surface area contributed by atoms with Crippen LogP contribution in [0.3, 0.4) is 0 Å². The molecule has 2 amide bonds. The number of rotatable bonds is 37. The standard InChI is InChI=1S/C58H99N2O12P/c1-5-7-9-11-13-15-17-19-21-23-39-69-73(67,70-40-24-22-20-18-16-14-12-10-8-6-2)72-43-26-28-44-42(41-43)25-27-46-45(44)37-38-58(3)47(46)29-34-52(58)71-54(64)36-32-50(62)49(61)31-35-53(63)60-48-30-33-51(68-4)55(56(48)65)57(59)66/h26,28,41,45-52,55-56,61-62,65H,5-25,27,29-40H2,1-4H3,(H2,59,66)(H,60,63). The molecule has 14 nitrogen and oxygen atoms in total. The predicted molar refractivity (Wildman–Crippen MR) is 286 cm³/mol. The SMILES string of the molecule is CCCCCCCCCCCCOP(=O)(OCCCCCCCCCCCC)Oc1ccc2c(c1)CCC1C2CCC2(C)C(OC(=O)CCC(O)C(O)CCC(=O)NC3CCC(OC)C(C(N)=O)C3O)CCC12. The first-order chi connectivity index (χ1) is 35.2. The molecule has 11 unspecified atom stereocenters. The van der Waals surface area contributed by atoms with Crippen LogP contribution in [-0.4, -0.2) is 90.0 Å². The number of amides is 2. The average Bonchev–Trinajstić information content (AvgIpc) is 3.71. The van der Waals surface area contributed by atoms with Gasteiger partial charge in [0, 0.05) is 25.4 Å². The van der Waals surface area contributed by atoms with Crippen molar-refractivity contribution >= 4 is 25.6 Å². The van der Waals surface area contributed by atoms with Crippen LogP contribution in [0.4, 0.5) is 0 Å². The van der Waals surface area contributed by atoms with E-state index in [1.165, 1.54) is 108 Å². The van der Waals surface area contributed by atoms with Crippen LogP contribution >= 0.6 is 7.82 Å². The molecule has 418 valence electrons. The number of aliphatic hydroxyl groups is 3. The molecule has 0 aliphatic heterocycles. The predicted octanol–water partition coefficient (Wildman–Crippen LogP) is 11.9. The molecule has 0 heterocycles. The van der Waals surface area contributed by atoms with E-state index >= 15 is 0 Å². The molecule has 4 aliphatic carbocycles. The monoisotopic (exact) mass is 1050 g/mol. The number of aliphatic hydroxyl groups excluding tert-OH is 3. The van der Waals surface area contributed by atoms with Crippen molar-refractivity contribution < 1.29 is 57.3 Å². The normalized spacial score (nSPS) is 26.6. The number of nitrogens with one attached hydrogen (secondary N) is 1. The van der Waals surface area contributed by atoms with Crippen LogP contribution in [0.15, 0.2) is 18.2 Å². The number of nitrogens with two attached hydrogens (primary N) is 1. The molecule has 0 spiro atoms. The highest BCUT2D eigenvalue weighted by Gasteiger charge is 2.56. The third-order valence-corrected chi connectivity index (χ3v) is 18.7. The summed E-state index contributed by atoms with van der Waals surface area (Å²) in [4.78, 5) is 38.0. The fourth-order valence-corrected chi connectivity index (χ4v) is 14.1. The third-order valence-electron chi connectivity index (χ3n) is 17.3. The maximum atomic E-state index is 14.3. The Morgan fingerprint density at radius 2 is 1.32 bits per heavy atom. The first-order valence-corrected chi connectivity index (χ1v) is 30.8. The van der Waals surface area contributed by atoms with Gasteiger partial charge in [0.2, 0.25) is 11.8 Å². The molecule has 73 heavy (non-hydrogen) atoms. The van der Waals surface area contributed by atoms with E-state index in [1.54, 1.807) is 0 Å². The van der Waals surface area contributed by atoms with Crippen molar-refractivity contribution in [1.29, 1.82) is 0 Å². The first kappa shape index (κ1) is 61.3. The minimum atomic E-state index is -3.84. The van der Waals surface area contributed by atoms with Crippen LogP contribution in [-0.2, 0) is 43.9 Å². The summed E-state index contributed by atoms with van der Waals surface area (Å²) >= 11 is 0. The summed E-state index contributed by atoms with van der Waals surface area (Å²) in [6.45, 7) is 7.46. The Kier molecular flexibility index (Phi) is 27.1. The van der Waals surface area contributed by atoms with Gasteiger partial charge in [0.25, 0.3) is 0 Å². The maximum absolute atomic E-state index is 14.3. The molecule has 0 aromatic heterocycles. The van der Waals surface area contributed by atoms with E-state index in [0.29, 0.717) is 49.6 Å². The Hall–Kier alpha value is -2.58. The van der Waals surface area contributed by atoms with Gasteiger partial charge in [-0.05, 0) is 118 Å². The van der Waals surface area contributed by atoms with Crippen LogP contribution < -0.4 is 15.6 Å². The lowest BCUT2D eigenvalue weighted by atomic mass is 9.55. The van der Waals surface area contributed by atoms with E-state index < -0.39 is 62.0 Å². The number of hydrogen-bond donors (Lipinski definition) is 5. The van der Waals surface area contributed by atoms with Crippen LogP contribution in [0.5, 0.6) is 5.75 Å². The Balaban J connectivity index is 1.06. The molecule has 3 saturated carbocycles. The molecule has 1 aromatic carbocycles. The number of fused-ring (bicyclic) bond motifs is 5. The Bertz CT molecular complexity index is 1810. The van der Waals surface area contributed by atoms with Crippen molar-refractivity contribution in [1.82, 2.24) is 5.32 Å². The Morgan fingerprint density at radius 3 is 1.88 bits per heavy atom. The van der Waals surface area contributed by atoms with E-state index in [2.05, 4.69) is 38.2 Å². The number of aryl methyl sites for hydroxylation is 1. The highest BCUT2D eigenvalue weighted by Crippen LogP contribution is 2.62. The van der Waals surface area contributed by atoms with E-state index in [4.69, 9.17) is 28.8 Å². The largest absolute Gasteiger partial charge is 0.530 e. The number of unbranched alkanes of at least 4 members (excludes halogenated alkanes) is 18. The van der Waals surface area contributed by atoms with Gasteiger partial charge >= 0.3 is 13.8 Å². The summed E-state index contributed by atoms with van der Waals surface area (Å²) < 4.78 is 44.0. The van der Waals surface area contributed by atoms with Crippen molar-refractivity contribution in [3.8, 4) is 5.75 Å². The first-order valence-electron chi connectivity index (χ1n) is 29.3. The molecule has 0 saturated heterocycles. The molecule has 0 bridgehead atoms. The average molecular weight is 1050 g/mol. The van der Waals surface area contributed by atoms with Crippen LogP contribution in [0.25, 0.3) is 0 Å². The molecule has 11 atom stereocenters. The van der Waals surface area contributed by atoms with E-state index in [0.717, 1.165) is 77.0 Å². The summed E-state index contributed by atoms with van der Waals surface area (Å²) in [5, 5.41) is 34.9. The van der Waals surface area contributed by atoms with Gasteiger partial charge in [-0.3, -0.25) is 23.4 Å². The lowest BCUT2D eigenvalue weighted by Gasteiger charge is -2.50. The zero-order valence-electron chi connectivity index (χ0n) is 45.6. The number of ether oxygens (including phenoxy) is 2. The van der Waals surface area contributed by atoms with Gasteiger partial charge in [-0.25, -0.2) is 4.57 Å².